The fourth-order valence-corrected chi connectivity index (χ4v) is 2.87. The van der Waals surface area contributed by atoms with Gasteiger partial charge in [-0.05, 0) is 6.92 Å². The first-order chi connectivity index (χ1) is 11.1. The summed E-state index contributed by atoms with van der Waals surface area (Å²) in [7, 11) is 0. The summed E-state index contributed by atoms with van der Waals surface area (Å²) in [6.07, 6.45) is 6.23. The molecule has 0 bridgehead atoms. The Balaban J connectivity index is 2.17. The average molecular weight is 305 g/mol. The second kappa shape index (κ2) is 5.65. The molecule has 23 heavy (non-hydrogen) atoms. The maximum atomic E-state index is 12.6. The van der Waals surface area contributed by atoms with Crippen LogP contribution < -0.4 is 0 Å². The largest absolute Gasteiger partial charge is 0.505 e. The lowest BCUT2D eigenvalue weighted by molar-refractivity contribution is -0.123. The average Bonchev–Trinajstić information content (AvgIpc) is 2.79. The summed E-state index contributed by atoms with van der Waals surface area (Å²) in [6.45, 7) is 5.38. The van der Waals surface area contributed by atoms with Crippen molar-refractivity contribution >= 4 is 22.3 Å². The van der Waals surface area contributed by atoms with E-state index in [-0.39, 0.29) is 28.6 Å². The number of benzene rings is 1. The molecule has 1 aliphatic rings. The van der Waals surface area contributed by atoms with Crippen molar-refractivity contribution in [3.63, 3.8) is 0 Å². The minimum absolute atomic E-state index is 0.0950. The quantitative estimate of drug-likeness (QED) is 0.884. The van der Waals surface area contributed by atoms with Crippen LogP contribution >= 0.6 is 0 Å². The van der Waals surface area contributed by atoms with Gasteiger partial charge in [-0.3, -0.25) is 14.6 Å². The number of ketones is 2. The van der Waals surface area contributed by atoms with Gasteiger partial charge in [-0.1, -0.05) is 49.1 Å². The molecule has 1 aliphatic carbocycles. The highest BCUT2D eigenvalue weighted by atomic mass is 16.3. The summed E-state index contributed by atoms with van der Waals surface area (Å²) >= 11 is 0. The second-order valence-corrected chi connectivity index (χ2v) is 5.27. The van der Waals surface area contributed by atoms with Crippen molar-refractivity contribution < 1.29 is 14.7 Å². The molecule has 2 aromatic rings. The number of nitrogens with zero attached hydrogens (tertiary/aromatic N) is 1. The highest BCUT2D eigenvalue weighted by Crippen LogP contribution is 2.39. The van der Waals surface area contributed by atoms with Crippen molar-refractivity contribution in [3.05, 3.63) is 72.1 Å². The van der Waals surface area contributed by atoms with Gasteiger partial charge >= 0.3 is 0 Å². The Morgan fingerprint density at radius 1 is 1.17 bits per heavy atom. The Morgan fingerprint density at radius 3 is 2.57 bits per heavy atom. The molecule has 1 unspecified atom stereocenters. The maximum Gasteiger partial charge on any atom is 0.180 e. The van der Waals surface area contributed by atoms with E-state index >= 15 is 0 Å². The number of pyridine rings is 1. The van der Waals surface area contributed by atoms with Crippen molar-refractivity contribution in [1.82, 2.24) is 4.98 Å². The lowest BCUT2D eigenvalue weighted by Gasteiger charge is -2.11. The maximum absolute atomic E-state index is 12.6. The first kappa shape index (κ1) is 14.9. The monoisotopic (exact) mass is 305 g/mol. The van der Waals surface area contributed by atoms with E-state index < -0.39 is 5.92 Å². The first-order valence-electron chi connectivity index (χ1n) is 7.24. The third-order valence-electron chi connectivity index (χ3n) is 3.96. The Bertz CT molecular complexity index is 906. The molecule has 0 saturated carbocycles. The van der Waals surface area contributed by atoms with Crippen LogP contribution in [-0.2, 0) is 9.59 Å². The van der Waals surface area contributed by atoms with E-state index in [0.29, 0.717) is 11.0 Å². The van der Waals surface area contributed by atoms with Crippen molar-refractivity contribution in [2.45, 2.75) is 12.8 Å². The number of hydrogen-bond donors (Lipinski definition) is 1. The van der Waals surface area contributed by atoms with E-state index in [1.165, 1.54) is 6.08 Å². The smallest absolute Gasteiger partial charge is 0.180 e. The van der Waals surface area contributed by atoms with Crippen LogP contribution in [-0.4, -0.2) is 21.7 Å². The van der Waals surface area contributed by atoms with Crippen molar-refractivity contribution in [2.75, 3.05) is 0 Å². The van der Waals surface area contributed by atoms with Crippen LogP contribution in [0.3, 0.4) is 0 Å². The van der Waals surface area contributed by atoms with E-state index in [4.69, 9.17) is 0 Å². The topological polar surface area (TPSA) is 67.3 Å². The molecule has 4 nitrogen and oxygen atoms in total. The van der Waals surface area contributed by atoms with Crippen molar-refractivity contribution in [3.8, 4) is 5.75 Å². The standard InChI is InChI=1S/C19H15NO3/c1-3-7-14-12(4-2)17(21)15(18(14)22)16-19(23)13-9-6-5-8-11(13)10-20-16/h3-10,15,23H,2H2,1H3/b7-3-. The molecule has 0 radical (unpaired) electrons. The predicted octanol–water partition coefficient (Wildman–Crippen LogP) is 3.23. The molecule has 1 atom stereocenters. The highest BCUT2D eigenvalue weighted by Gasteiger charge is 2.42. The minimum atomic E-state index is -1.11. The molecule has 0 spiro atoms. The van der Waals surface area contributed by atoms with E-state index in [0.717, 1.165) is 5.39 Å². The van der Waals surface area contributed by atoms with Crippen molar-refractivity contribution in [2.24, 2.45) is 0 Å². The Hall–Kier alpha value is -3.01. The van der Waals surface area contributed by atoms with E-state index in [2.05, 4.69) is 11.6 Å². The number of allylic oxidation sites excluding steroid dienone is 5. The Kier molecular flexibility index (Phi) is 3.66. The molecule has 1 aromatic heterocycles. The molecule has 0 fully saturated rings. The van der Waals surface area contributed by atoms with Crippen LogP contribution in [0, 0.1) is 0 Å². The van der Waals surface area contributed by atoms with Gasteiger partial charge in [0.15, 0.2) is 11.6 Å². The number of carbonyl (C=O) groups excluding carboxylic acids is 2. The molecule has 0 saturated heterocycles. The molecule has 0 aliphatic heterocycles. The third-order valence-corrected chi connectivity index (χ3v) is 3.96. The molecule has 1 aromatic carbocycles. The fraction of sp³-hybridized carbons (Fsp3) is 0.105. The van der Waals surface area contributed by atoms with Crippen LogP contribution in [0.1, 0.15) is 18.5 Å². The van der Waals surface area contributed by atoms with Gasteiger partial charge in [0.2, 0.25) is 0 Å². The van der Waals surface area contributed by atoms with Gasteiger partial charge in [0, 0.05) is 28.1 Å². The summed E-state index contributed by atoms with van der Waals surface area (Å²) < 4.78 is 0. The van der Waals surface area contributed by atoms with Gasteiger partial charge in [-0.15, -0.1) is 0 Å². The molecule has 1 N–H and O–H groups in total. The second-order valence-electron chi connectivity index (χ2n) is 5.27. The molecule has 114 valence electrons. The fourth-order valence-electron chi connectivity index (χ4n) is 2.87. The van der Waals surface area contributed by atoms with Crippen LogP contribution in [0.2, 0.25) is 0 Å². The van der Waals surface area contributed by atoms with Gasteiger partial charge in [0.05, 0.1) is 0 Å². The highest BCUT2D eigenvalue weighted by molar-refractivity contribution is 6.30. The Labute approximate surface area is 133 Å². The first-order valence-corrected chi connectivity index (χ1v) is 7.24. The van der Waals surface area contributed by atoms with Crippen LogP contribution in [0.25, 0.3) is 10.8 Å². The van der Waals surface area contributed by atoms with Crippen LogP contribution in [0.15, 0.2) is 66.4 Å². The molecule has 3 rings (SSSR count). The number of fused-ring (bicyclic) bond motifs is 1. The van der Waals surface area contributed by atoms with Gasteiger partial charge in [-0.25, -0.2) is 0 Å². The van der Waals surface area contributed by atoms with Gasteiger partial charge < -0.3 is 5.11 Å². The lowest BCUT2D eigenvalue weighted by Crippen LogP contribution is -2.17. The molecule has 1 heterocycles. The summed E-state index contributed by atoms with van der Waals surface area (Å²) in [4.78, 5) is 29.4. The number of aromatic nitrogens is 1. The van der Waals surface area contributed by atoms with E-state index in [1.54, 1.807) is 37.4 Å². The zero-order valence-corrected chi connectivity index (χ0v) is 12.6. The predicted molar refractivity (Wildman–Crippen MR) is 88.2 cm³/mol. The zero-order valence-electron chi connectivity index (χ0n) is 12.6. The minimum Gasteiger partial charge on any atom is -0.505 e. The van der Waals surface area contributed by atoms with Gasteiger partial charge in [-0.2, -0.15) is 0 Å². The number of carbonyl (C=O) groups is 2. The summed E-state index contributed by atoms with van der Waals surface area (Å²) in [5.41, 5.74) is 0.678. The number of aromatic hydroxyl groups is 1. The zero-order chi connectivity index (χ0) is 16.6. The van der Waals surface area contributed by atoms with E-state index in [9.17, 15) is 14.7 Å². The summed E-state index contributed by atoms with van der Waals surface area (Å²) in [6, 6.07) is 7.15. The van der Waals surface area contributed by atoms with Crippen LogP contribution in [0.4, 0.5) is 0 Å². The van der Waals surface area contributed by atoms with Crippen LogP contribution in [0.5, 0.6) is 5.75 Å². The lowest BCUT2D eigenvalue weighted by atomic mass is 9.95. The third kappa shape index (κ3) is 2.19. The Morgan fingerprint density at radius 2 is 1.87 bits per heavy atom. The molecule has 0 amide bonds. The molecule has 4 heteroatoms. The summed E-state index contributed by atoms with van der Waals surface area (Å²) in [5.74, 6) is -1.98. The molecular formula is C19H15NO3. The van der Waals surface area contributed by atoms with E-state index in [1.807, 2.05) is 12.1 Å². The SMILES string of the molecule is C=CC1=C(/C=C\C)C(=O)C(c2ncc3ccccc3c2O)C1=O. The van der Waals surface area contributed by atoms with Gasteiger partial charge in [0.25, 0.3) is 0 Å². The van der Waals surface area contributed by atoms with Crippen molar-refractivity contribution in [1.29, 1.82) is 0 Å². The number of hydrogen-bond acceptors (Lipinski definition) is 4. The molecular weight excluding hydrogens is 290 g/mol. The number of rotatable bonds is 3. The van der Waals surface area contributed by atoms with Gasteiger partial charge in [0.1, 0.15) is 17.4 Å². The normalized spacial score (nSPS) is 18.4. The number of Topliss-reactive ketones (excluding diaryl/α,β-unsaturated/α-hetero) is 2. The summed E-state index contributed by atoms with van der Waals surface area (Å²) in [5, 5.41) is 11.8.